The first-order valence-corrected chi connectivity index (χ1v) is 4.08. The first kappa shape index (κ1) is 6.71. The normalized spacial score (nSPS) is 17.5. The quantitative estimate of drug-likeness (QED) is 0.624. The molecule has 0 aromatic heterocycles. The van der Waals surface area contributed by atoms with Crippen molar-refractivity contribution in [2.45, 2.75) is 25.4 Å². The lowest BCUT2D eigenvalue weighted by Crippen LogP contribution is -2.24. The standard InChI is InChI=1S/C10H11O/c1-2-5-9(6-3-1)11-10-7-4-8-10/h1-3,5,10H,4,7-8H2. The van der Waals surface area contributed by atoms with E-state index >= 15 is 0 Å². The Kier molecular flexibility index (Phi) is 1.80. The summed E-state index contributed by atoms with van der Waals surface area (Å²) in [6.07, 6.45) is 4.21. The Balaban J connectivity index is 1.95. The van der Waals surface area contributed by atoms with Gasteiger partial charge in [-0.05, 0) is 25.3 Å². The molecule has 1 fully saturated rings. The van der Waals surface area contributed by atoms with Crippen LogP contribution in [-0.2, 0) is 0 Å². The van der Waals surface area contributed by atoms with E-state index in [4.69, 9.17) is 4.74 Å². The van der Waals surface area contributed by atoms with Crippen LogP contribution < -0.4 is 4.74 Å². The molecule has 2 rings (SSSR count). The Labute approximate surface area is 67.0 Å². The zero-order valence-corrected chi connectivity index (χ0v) is 6.42. The first-order valence-electron chi connectivity index (χ1n) is 4.08. The van der Waals surface area contributed by atoms with E-state index in [1.54, 1.807) is 0 Å². The first-order chi connectivity index (χ1) is 5.45. The minimum Gasteiger partial charge on any atom is -0.490 e. The lowest BCUT2D eigenvalue weighted by atomic mass is 9.96. The van der Waals surface area contributed by atoms with E-state index in [-0.39, 0.29) is 0 Å². The lowest BCUT2D eigenvalue weighted by molar-refractivity contribution is 0.120. The topological polar surface area (TPSA) is 9.23 Å². The average Bonchev–Trinajstić information content (AvgIpc) is 1.99. The lowest BCUT2D eigenvalue weighted by Gasteiger charge is -2.26. The molecule has 57 valence electrons. The van der Waals surface area contributed by atoms with Gasteiger partial charge in [0.25, 0.3) is 0 Å². The number of hydrogen-bond acceptors (Lipinski definition) is 1. The van der Waals surface area contributed by atoms with Gasteiger partial charge in [-0.1, -0.05) is 18.2 Å². The molecule has 1 aliphatic carbocycles. The van der Waals surface area contributed by atoms with E-state index in [2.05, 4.69) is 6.07 Å². The van der Waals surface area contributed by atoms with Gasteiger partial charge in [-0.15, -0.1) is 0 Å². The highest BCUT2D eigenvalue weighted by atomic mass is 16.5. The van der Waals surface area contributed by atoms with E-state index in [0.717, 1.165) is 5.75 Å². The molecule has 1 nitrogen and oxygen atoms in total. The molecule has 0 atom stereocenters. The van der Waals surface area contributed by atoms with E-state index in [9.17, 15) is 0 Å². The maximum atomic E-state index is 5.59. The smallest absolute Gasteiger partial charge is 0.127 e. The van der Waals surface area contributed by atoms with Crippen LogP contribution in [0.5, 0.6) is 5.75 Å². The highest BCUT2D eigenvalue weighted by Crippen LogP contribution is 2.24. The molecule has 1 aliphatic rings. The van der Waals surface area contributed by atoms with Gasteiger partial charge >= 0.3 is 0 Å². The van der Waals surface area contributed by atoms with E-state index < -0.39 is 0 Å². The van der Waals surface area contributed by atoms with Crippen molar-refractivity contribution in [2.24, 2.45) is 0 Å². The van der Waals surface area contributed by atoms with Crippen LogP contribution in [-0.4, -0.2) is 6.10 Å². The van der Waals surface area contributed by atoms with Crippen molar-refractivity contribution in [2.75, 3.05) is 0 Å². The molecule has 0 bridgehead atoms. The second-order valence-corrected chi connectivity index (χ2v) is 2.90. The molecular formula is C10H11O. The molecule has 1 aromatic carbocycles. The minimum atomic E-state index is 0.466. The Morgan fingerprint density at radius 3 is 2.82 bits per heavy atom. The largest absolute Gasteiger partial charge is 0.490 e. The van der Waals surface area contributed by atoms with Crippen molar-refractivity contribution >= 4 is 0 Å². The number of rotatable bonds is 2. The van der Waals surface area contributed by atoms with E-state index in [0.29, 0.717) is 6.10 Å². The van der Waals surface area contributed by atoms with Gasteiger partial charge in [0.1, 0.15) is 5.75 Å². The van der Waals surface area contributed by atoms with Gasteiger partial charge in [-0.3, -0.25) is 0 Å². The maximum absolute atomic E-state index is 5.59. The molecule has 1 aromatic rings. The molecule has 11 heavy (non-hydrogen) atoms. The summed E-state index contributed by atoms with van der Waals surface area (Å²) in [5.41, 5.74) is 0. The molecule has 0 amide bonds. The Hall–Kier alpha value is -0.980. The zero-order valence-electron chi connectivity index (χ0n) is 6.42. The van der Waals surface area contributed by atoms with Crippen molar-refractivity contribution in [3.8, 4) is 5.75 Å². The van der Waals surface area contributed by atoms with Crippen molar-refractivity contribution in [1.82, 2.24) is 0 Å². The van der Waals surface area contributed by atoms with Gasteiger partial charge in [0, 0.05) is 6.07 Å². The fraction of sp³-hybridized carbons (Fsp3) is 0.400. The van der Waals surface area contributed by atoms with E-state index in [1.165, 1.54) is 19.3 Å². The summed E-state index contributed by atoms with van der Waals surface area (Å²) in [5, 5.41) is 0. The third kappa shape index (κ3) is 1.53. The van der Waals surface area contributed by atoms with Crippen molar-refractivity contribution in [3.05, 3.63) is 30.3 Å². The highest BCUT2D eigenvalue weighted by molar-refractivity contribution is 5.19. The van der Waals surface area contributed by atoms with Gasteiger partial charge in [-0.2, -0.15) is 0 Å². The Morgan fingerprint density at radius 1 is 1.36 bits per heavy atom. The molecule has 0 unspecified atom stereocenters. The van der Waals surface area contributed by atoms with Crippen LogP contribution in [0.25, 0.3) is 0 Å². The predicted molar refractivity (Wildman–Crippen MR) is 43.5 cm³/mol. The van der Waals surface area contributed by atoms with Gasteiger partial charge < -0.3 is 4.74 Å². The van der Waals surface area contributed by atoms with Crippen LogP contribution in [0.4, 0.5) is 0 Å². The van der Waals surface area contributed by atoms with Crippen LogP contribution in [0, 0.1) is 6.07 Å². The van der Waals surface area contributed by atoms with Gasteiger partial charge in [0.05, 0.1) is 6.10 Å². The van der Waals surface area contributed by atoms with Crippen LogP contribution >= 0.6 is 0 Å². The maximum Gasteiger partial charge on any atom is 0.127 e. The third-order valence-electron chi connectivity index (χ3n) is 2.03. The molecule has 0 spiro atoms. The van der Waals surface area contributed by atoms with Crippen LogP contribution in [0.15, 0.2) is 24.3 Å². The molecule has 0 saturated heterocycles. The minimum absolute atomic E-state index is 0.466. The molecule has 1 saturated carbocycles. The average molecular weight is 147 g/mol. The number of hydrogen-bond donors (Lipinski definition) is 0. The fourth-order valence-corrected chi connectivity index (χ4v) is 1.12. The summed E-state index contributed by atoms with van der Waals surface area (Å²) in [6.45, 7) is 0. The Morgan fingerprint density at radius 2 is 2.27 bits per heavy atom. The predicted octanol–water partition coefficient (Wildman–Crippen LogP) is 2.42. The summed E-state index contributed by atoms with van der Waals surface area (Å²) in [6, 6.07) is 10.8. The number of para-hydroxylation sites is 1. The van der Waals surface area contributed by atoms with Gasteiger partial charge in [-0.25, -0.2) is 0 Å². The number of ether oxygens (including phenoxy) is 1. The molecule has 0 heterocycles. The summed E-state index contributed by atoms with van der Waals surface area (Å²) in [5.74, 6) is 0.886. The van der Waals surface area contributed by atoms with Crippen LogP contribution in [0.1, 0.15) is 19.3 Å². The summed E-state index contributed by atoms with van der Waals surface area (Å²) in [4.78, 5) is 0. The Bertz CT molecular complexity index is 214. The highest BCUT2D eigenvalue weighted by Gasteiger charge is 2.18. The number of benzene rings is 1. The summed E-state index contributed by atoms with van der Waals surface area (Å²) >= 11 is 0. The van der Waals surface area contributed by atoms with E-state index in [1.807, 2.05) is 24.3 Å². The third-order valence-corrected chi connectivity index (χ3v) is 2.03. The van der Waals surface area contributed by atoms with Crippen LogP contribution in [0.2, 0.25) is 0 Å². The molecule has 0 aliphatic heterocycles. The second kappa shape index (κ2) is 2.95. The van der Waals surface area contributed by atoms with Gasteiger partial charge in [0.2, 0.25) is 0 Å². The van der Waals surface area contributed by atoms with Crippen LogP contribution in [0.3, 0.4) is 0 Å². The SMILES string of the molecule is [c]1ccccc1OC1CCC1. The molecule has 1 heteroatoms. The molecule has 0 N–H and O–H groups in total. The molecular weight excluding hydrogens is 136 g/mol. The van der Waals surface area contributed by atoms with Crippen molar-refractivity contribution in [1.29, 1.82) is 0 Å². The summed E-state index contributed by atoms with van der Waals surface area (Å²) in [7, 11) is 0. The second-order valence-electron chi connectivity index (χ2n) is 2.90. The monoisotopic (exact) mass is 147 g/mol. The zero-order chi connectivity index (χ0) is 7.52. The fourth-order valence-electron chi connectivity index (χ4n) is 1.12. The van der Waals surface area contributed by atoms with Crippen molar-refractivity contribution < 1.29 is 4.74 Å². The van der Waals surface area contributed by atoms with Crippen molar-refractivity contribution in [3.63, 3.8) is 0 Å². The van der Waals surface area contributed by atoms with Gasteiger partial charge in [0.15, 0.2) is 0 Å². The summed E-state index contributed by atoms with van der Waals surface area (Å²) < 4.78 is 5.59. The molecule has 1 radical (unpaired) electrons.